The van der Waals surface area contributed by atoms with Crippen LogP contribution in [0, 0.1) is 17.1 Å². The molecule has 4 heterocycles. The van der Waals surface area contributed by atoms with Crippen molar-refractivity contribution in [2.24, 2.45) is 0 Å². The number of amides is 2. The minimum atomic E-state index is -0.684. The lowest BCUT2D eigenvalue weighted by Gasteiger charge is -2.41. The number of aromatic nitrogens is 3. The number of hydrogen-bond donors (Lipinski definition) is 1. The summed E-state index contributed by atoms with van der Waals surface area (Å²) >= 11 is 0. The fourth-order valence-electron chi connectivity index (χ4n) is 6.30. The van der Waals surface area contributed by atoms with Crippen LogP contribution < -0.4 is 10.5 Å². The second kappa shape index (κ2) is 12.8. The average molecular weight is 637 g/mol. The number of likely N-dealkylation sites (N-methyl/N-ethyl adjacent to an activating group) is 1. The van der Waals surface area contributed by atoms with E-state index in [9.17, 15) is 14.9 Å². The topological polar surface area (TPSA) is 134 Å². The summed E-state index contributed by atoms with van der Waals surface area (Å²) in [5, 5.41) is 15.4. The lowest BCUT2D eigenvalue weighted by atomic mass is 9.96. The van der Waals surface area contributed by atoms with Gasteiger partial charge in [-0.25, -0.2) is 9.37 Å². The predicted molar refractivity (Wildman–Crippen MR) is 176 cm³/mol. The maximum Gasteiger partial charge on any atom is 0.264 e. The number of fused-ring (bicyclic) bond motifs is 1. The van der Waals surface area contributed by atoms with Gasteiger partial charge < -0.3 is 20.3 Å². The number of hydrogen-bond acceptors (Lipinski definition) is 8. The van der Waals surface area contributed by atoms with Crippen molar-refractivity contribution < 1.29 is 18.7 Å². The molecular weight excluding hydrogens is 599 g/mol. The number of piperazine rings is 1. The lowest BCUT2D eigenvalue weighted by molar-refractivity contribution is -0.136. The second-order valence-electron chi connectivity index (χ2n) is 12.5. The van der Waals surface area contributed by atoms with Gasteiger partial charge in [0.1, 0.15) is 40.5 Å². The standard InChI is InChI=1S/C35H37FN8O3/c1-35(2,43-17-16-41(3)30(45)22-43)19-23(20-37)34(46)42-15-7-8-24(21-42)44-29-13-14-39-33(38)31(29)32(40-44)27-12-11-26(18-28(27)36)47-25-9-5-4-6-10-25/h4-6,9-14,18-19,24H,7-8,15-17,21-22H2,1-3H3,(H2,38,39)/b23-19+/t24-/m1/s1. The molecule has 0 saturated carbocycles. The maximum absolute atomic E-state index is 15.7. The SMILES string of the molecule is CN1CCN(C(C)(C)/C=C(\C#N)C(=O)N2CCC[C@@H](n3nc(-c4ccc(Oc5ccccc5)cc4F)c4c(N)nccc43)C2)CC1=O. The van der Waals surface area contributed by atoms with Crippen LogP contribution in [0.1, 0.15) is 32.7 Å². The van der Waals surface area contributed by atoms with Gasteiger partial charge in [0.05, 0.1) is 23.5 Å². The third kappa shape index (κ3) is 6.39. The molecule has 242 valence electrons. The van der Waals surface area contributed by atoms with Crippen molar-refractivity contribution in [2.75, 3.05) is 45.5 Å². The minimum Gasteiger partial charge on any atom is -0.457 e. The van der Waals surface area contributed by atoms with Gasteiger partial charge in [0.15, 0.2) is 0 Å². The third-order valence-electron chi connectivity index (χ3n) is 8.97. The van der Waals surface area contributed by atoms with Crippen LogP contribution in [-0.4, -0.2) is 86.6 Å². The normalized spacial score (nSPS) is 18.0. The van der Waals surface area contributed by atoms with E-state index in [1.165, 1.54) is 6.07 Å². The van der Waals surface area contributed by atoms with Crippen LogP contribution >= 0.6 is 0 Å². The van der Waals surface area contributed by atoms with Gasteiger partial charge in [-0.2, -0.15) is 10.4 Å². The van der Waals surface area contributed by atoms with Gasteiger partial charge in [-0.05, 0) is 63.1 Å². The molecule has 2 aliphatic rings. The fraction of sp³-hybridized carbons (Fsp3) is 0.343. The highest BCUT2D eigenvalue weighted by Gasteiger charge is 2.34. The highest BCUT2D eigenvalue weighted by molar-refractivity contribution is 6.00. The van der Waals surface area contributed by atoms with Gasteiger partial charge in [0.2, 0.25) is 5.91 Å². The average Bonchev–Trinajstić information content (AvgIpc) is 3.46. The summed E-state index contributed by atoms with van der Waals surface area (Å²) in [6, 6.07) is 17.4. The zero-order valence-corrected chi connectivity index (χ0v) is 26.7. The first-order chi connectivity index (χ1) is 22.6. The Morgan fingerprint density at radius 3 is 2.64 bits per heavy atom. The molecule has 1 atom stereocenters. The van der Waals surface area contributed by atoms with Crippen molar-refractivity contribution in [3.8, 4) is 28.8 Å². The summed E-state index contributed by atoms with van der Waals surface area (Å²) in [5.74, 6) is 0.255. The van der Waals surface area contributed by atoms with E-state index >= 15 is 4.39 Å². The number of benzene rings is 2. The Balaban J connectivity index is 1.27. The van der Waals surface area contributed by atoms with E-state index < -0.39 is 11.4 Å². The molecule has 11 nitrogen and oxygen atoms in total. The maximum atomic E-state index is 15.7. The Hall–Kier alpha value is -5.28. The van der Waals surface area contributed by atoms with Crippen LogP contribution in [-0.2, 0) is 9.59 Å². The number of pyridine rings is 1. The van der Waals surface area contributed by atoms with Crippen molar-refractivity contribution in [3.05, 3.63) is 78.3 Å². The molecule has 6 rings (SSSR count). The Labute approximate surface area is 272 Å². The summed E-state index contributed by atoms with van der Waals surface area (Å²) in [6.45, 7) is 6.03. The molecule has 0 aliphatic carbocycles. The molecule has 2 aromatic heterocycles. The highest BCUT2D eigenvalue weighted by Crippen LogP contribution is 2.37. The van der Waals surface area contributed by atoms with E-state index in [-0.39, 0.29) is 41.4 Å². The minimum absolute atomic E-state index is 0.000529. The number of nitriles is 1. The van der Waals surface area contributed by atoms with Gasteiger partial charge in [0.25, 0.3) is 5.91 Å². The van der Waals surface area contributed by atoms with E-state index in [1.807, 2.05) is 36.9 Å². The zero-order valence-electron chi connectivity index (χ0n) is 26.7. The van der Waals surface area contributed by atoms with Crippen molar-refractivity contribution in [2.45, 2.75) is 38.3 Å². The number of rotatable bonds is 7. The van der Waals surface area contributed by atoms with E-state index in [0.717, 1.165) is 6.42 Å². The molecule has 2 amide bonds. The fourth-order valence-corrected chi connectivity index (χ4v) is 6.30. The molecule has 12 heteroatoms. The molecule has 2 aliphatic heterocycles. The van der Waals surface area contributed by atoms with Crippen LogP contribution in [0.2, 0.25) is 0 Å². The summed E-state index contributed by atoms with van der Waals surface area (Å²) in [6.07, 6.45) is 4.65. The number of nitrogen functional groups attached to an aromatic ring is 1. The molecule has 0 bridgehead atoms. The van der Waals surface area contributed by atoms with Crippen LogP contribution in [0.25, 0.3) is 22.2 Å². The van der Waals surface area contributed by atoms with Gasteiger partial charge >= 0.3 is 0 Å². The number of carbonyl (C=O) groups excluding carboxylic acids is 2. The Morgan fingerprint density at radius 2 is 1.91 bits per heavy atom. The number of likely N-dealkylation sites (tertiary alicyclic amines) is 1. The monoisotopic (exact) mass is 636 g/mol. The molecule has 4 aromatic rings. The molecule has 2 saturated heterocycles. The van der Waals surface area contributed by atoms with E-state index in [4.69, 9.17) is 15.6 Å². The number of nitrogens with two attached hydrogens (primary N) is 1. The van der Waals surface area contributed by atoms with E-state index in [2.05, 4.69) is 11.1 Å². The number of piperidine rings is 1. The number of para-hydroxylation sites is 1. The number of carbonyl (C=O) groups is 2. The van der Waals surface area contributed by atoms with Crippen molar-refractivity contribution in [3.63, 3.8) is 0 Å². The number of anilines is 1. The quantitative estimate of drug-likeness (QED) is 0.226. The van der Waals surface area contributed by atoms with Crippen LogP contribution in [0.4, 0.5) is 10.2 Å². The lowest BCUT2D eigenvalue weighted by Crippen LogP contribution is -2.55. The predicted octanol–water partition coefficient (Wildman–Crippen LogP) is 4.78. The smallest absolute Gasteiger partial charge is 0.264 e. The van der Waals surface area contributed by atoms with Gasteiger partial charge in [-0.1, -0.05) is 18.2 Å². The third-order valence-corrected chi connectivity index (χ3v) is 8.97. The Bertz CT molecular complexity index is 1900. The van der Waals surface area contributed by atoms with Crippen molar-refractivity contribution in [1.82, 2.24) is 29.5 Å². The summed E-state index contributed by atoms with van der Waals surface area (Å²) in [4.78, 5) is 35.7. The number of nitrogens with zero attached hydrogens (tertiary/aromatic N) is 7. The van der Waals surface area contributed by atoms with Crippen LogP contribution in [0.5, 0.6) is 11.5 Å². The molecule has 0 spiro atoms. The molecule has 2 N–H and O–H groups in total. The molecule has 47 heavy (non-hydrogen) atoms. The molecule has 0 radical (unpaired) electrons. The van der Waals surface area contributed by atoms with Crippen LogP contribution in [0.3, 0.4) is 0 Å². The van der Waals surface area contributed by atoms with Gasteiger partial charge in [-0.15, -0.1) is 0 Å². The highest BCUT2D eigenvalue weighted by atomic mass is 19.1. The first kappa shape index (κ1) is 31.7. The van der Waals surface area contributed by atoms with E-state index in [1.54, 1.807) is 64.1 Å². The van der Waals surface area contributed by atoms with Crippen molar-refractivity contribution in [1.29, 1.82) is 5.26 Å². The molecule has 0 unspecified atom stereocenters. The largest absolute Gasteiger partial charge is 0.457 e. The molecule has 2 aromatic carbocycles. The van der Waals surface area contributed by atoms with Gasteiger partial charge in [-0.3, -0.25) is 19.2 Å². The first-order valence-electron chi connectivity index (χ1n) is 15.6. The number of halogens is 1. The molecule has 2 fully saturated rings. The second-order valence-corrected chi connectivity index (χ2v) is 12.5. The van der Waals surface area contributed by atoms with E-state index in [0.29, 0.717) is 60.7 Å². The van der Waals surface area contributed by atoms with Crippen molar-refractivity contribution >= 4 is 28.5 Å². The van der Waals surface area contributed by atoms with Gasteiger partial charge in [0, 0.05) is 56.6 Å². The summed E-state index contributed by atoms with van der Waals surface area (Å²) in [7, 11) is 1.77. The molecular formula is C35H37FN8O3. The Kier molecular flexibility index (Phi) is 8.66. The number of ether oxygens (including phenoxy) is 1. The summed E-state index contributed by atoms with van der Waals surface area (Å²) in [5.41, 5.74) is 6.95. The Morgan fingerprint density at radius 1 is 1.13 bits per heavy atom. The zero-order chi connectivity index (χ0) is 33.3. The summed E-state index contributed by atoms with van der Waals surface area (Å²) < 4.78 is 23.3. The van der Waals surface area contributed by atoms with Crippen LogP contribution in [0.15, 0.2) is 72.4 Å². The first-order valence-corrected chi connectivity index (χ1v) is 15.6.